The van der Waals surface area contributed by atoms with E-state index in [4.69, 9.17) is 17.3 Å². The number of nitrogen functional groups attached to an aromatic ring is 1. The first-order valence-electron chi connectivity index (χ1n) is 5.51. The SMILES string of the molecule is Nc1ccc(Cl)c(-c2nccc3ncccc23)c1. The van der Waals surface area contributed by atoms with Gasteiger partial charge in [-0.25, -0.2) is 0 Å². The Bertz CT molecular complexity index is 720. The second kappa shape index (κ2) is 4.27. The normalized spacial score (nSPS) is 10.7. The zero-order valence-corrected chi connectivity index (χ0v) is 10.2. The van der Waals surface area contributed by atoms with Gasteiger partial charge in [-0.2, -0.15) is 0 Å². The van der Waals surface area contributed by atoms with Crippen LogP contribution < -0.4 is 5.73 Å². The molecule has 0 aliphatic carbocycles. The summed E-state index contributed by atoms with van der Waals surface area (Å²) in [5, 5.41) is 1.60. The summed E-state index contributed by atoms with van der Waals surface area (Å²) in [6.07, 6.45) is 3.48. The number of nitrogens with zero attached hydrogens (tertiary/aromatic N) is 2. The molecule has 88 valence electrons. The minimum Gasteiger partial charge on any atom is -0.399 e. The van der Waals surface area contributed by atoms with Crippen LogP contribution in [0.3, 0.4) is 0 Å². The molecule has 2 N–H and O–H groups in total. The molecule has 4 heteroatoms. The molecule has 0 atom stereocenters. The fraction of sp³-hybridized carbons (Fsp3) is 0. The molecule has 18 heavy (non-hydrogen) atoms. The van der Waals surface area contributed by atoms with Gasteiger partial charge < -0.3 is 5.73 Å². The number of fused-ring (bicyclic) bond motifs is 1. The first kappa shape index (κ1) is 11.0. The van der Waals surface area contributed by atoms with Gasteiger partial charge in [0, 0.05) is 29.0 Å². The van der Waals surface area contributed by atoms with Crippen LogP contribution in [0.25, 0.3) is 22.2 Å². The van der Waals surface area contributed by atoms with Crippen LogP contribution in [0.4, 0.5) is 5.69 Å². The number of rotatable bonds is 1. The number of aromatic nitrogens is 2. The molecule has 0 aliphatic heterocycles. The number of pyridine rings is 2. The third-order valence-corrected chi connectivity index (χ3v) is 3.10. The maximum atomic E-state index is 6.22. The molecule has 2 aromatic heterocycles. The molecular formula is C14H10ClN3. The fourth-order valence-corrected chi connectivity index (χ4v) is 2.15. The molecule has 1 aromatic carbocycles. The summed E-state index contributed by atoms with van der Waals surface area (Å²) in [6.45, 7) is 0. The second-order valence-corrected chi connectivity index (χ2v) is 4.38. The lowest BCUT2D eigenvalue weighted by Gasteiger charge is -2.07. The second-order valence-electron chi connectivity index (χ2n) is 3.97. The Morgan fingerprint density at radius 3 is 2.78 bits per heavy atom. The Morgan fingerprint density at radius 1 is 1.00 bits per heavy atom. The van der Waals surface area contributed by atoms with Crippen molar-refractivity contribution in [3.63, 3.8) is 0 Å². The predicted octanol–water partition coefficient (Wildman–Crippen LogP) is 3.53. The number of halogens is 1. The molecule has 3 rings (SSSR count). The van der Waals surface area contributed by atoms with Crippen LogP contribution >= 0.6 is 11.6 Å². The van der Waals surface area contributed by atoms with Gasteiger partial charge in [0.05, 0.1) is 16.2 Å². The van der Waals surface area contributed by atoms with E-state index in [0.29, 0.717) is 10.7 Å². The van der Waals surface area contributed by atoms with Crippen LogP contribution in [-0.4, -0.2) is 9.97 Å². The molecule has 0 radical (unpaired) electrons. The average molecular weight is 256 g/mol. The molecule has 0 saturated heterocycles. The highest BCUT2D eigenvalue weighted by atomic mass is 35.5. The van der Waals surface area contributed by atoms with Crippen molar-refractivity contribution in [1.82, 2.24) is 9.97 Å². The van der Waals surface area contributed by atoms with Gasteiger partial charge in [-0.15, -0.1) is 0 Å². The van der Waals surface area contributed by atoms with Crippen molar-refractivity contribution in [1.29, 1.82) is 0 Å². The first-order chi connectivity index (χ1) is 8.75. The zero-order chi connectivity index (χ0) is 12.5. The van der Waals surface area contributed by atoms with E-state index < -0.39 is 0 Å². The molecule has 0 amide bonds. The topological polar surface area (TPSA) is 51.8 Å². The van der Waals surface area contributed by atoms with Gasteiger partial charge in [0.2, 0.25) is 0 Å². The van der Waals surface area contributed by atoms with Crippen molar-refractivity contribution in [2.75, 3.05) is 5.73 Å². The van der Waals surface area contributed by atoms with E-state index in [1.54, 1.807) is 24.5 Å². The Kier molecular flexibility index (Phi) is 2.61. The summed E-state index contributed by atoms with van der Waals surface area (Å²) in [5.74, 6) is 0. The van der Waals surface area contributed by atoms with Crippen molar-refractivity contribution >= 4 is 28.2 Å². The molecule has 0 bridgehead atoms. The van der Waals surface area contributed by atoms with E-state index in [9.17, 15) is 0 Å². The first-order valence-corrected chi connectivity index (χ1v) is 5.88. The molecule has 0 unspecified atom stereocenters. The van der Waals surface area contributed by atoms with Gasteiger partial charge in [-0.3, -0.25) is 9.97 Å². The Labute approximate surface area is 109 Å². The maximum absolute atomic E-state index is 6.22. The summed E-state index contributed by atoms with van der Waals surface area (Å²) < 4.78 is 0. The number of benzene rings is 1. The summed E-state index contributed by atoms with van der Waals surface area (Å²) in [5.41, 5.74) is 8.99. The minimum absolute atomic E-state index is 0.632. The van der Waals surface area contributed by atoms with E-state index in [-0.39, 0.29) is 0 Å². The number of hydrogen-bond donors (Lipinski definition) is 1. The van der Waals surface area contributed by atoms with E-state index in [2.05, 4.69) is 9.97 Å². The van der Waals surface area contributed by atoms with Crippen LogP contribution in [0.1, 0.15) is 0 Å². The molecule has 0 saturated carbocycles. The van der Waals surface area contributed by atoms with Crippen LogP contribution in [0.15, 0.2) is 48.8 Å². The van der Waals surface area contributed by atoms with Crippen LogP contribution in [-0.2, 0) is 0 Å². The highest BCUT2D eigenvalue weighted by Crippen LogP contribution is 2.32. The van der Waals surface area contributed by atoms with Gasteiger partial charge in [0.25, 0.3) is 0 Å². The predicted molar refractivity (Wildman–Crippen MR) is 74.4 cm³/mol. The number of anilines is 1. The zero-order valence-electron chi connectivity index (χ0n) is 9.47. The lowest BCUT2D eigenvalue weighted by Crippen LogP contribution is -1.91. The lowest BCUT2D eigenvalue weighted by molar-refractivity contribution is 1.32. The maximum Gasteiger partial charge on any atom is 0.0811 e. The van der Waals surface area contributed by atoms with E-state index in [0.717, 1.165) is 22.2 Å². The van der Waals surface area contributed by atoms with E-state index in [1.165, 1.54) is 0 Å². The standard InChI is InChI=1S/C14H10ClN3/c15-12-4-3-9(16)8-11(12)14-10-2-1-6-17-13(10)5-7-18-14/h1-8H,16H2. The van der Waals surface area contributed by atoms with Crippen molar-refractivity contribution in [3.8, 4) is 11.3 Å². The van der Waals surface area contributed by atoms with Gasteiger partial charge in [0.15, 0.2) is 0 Å². The van der Waals surface area contributed by atoms with Crippen molar-refractivity contribution in [3.05, 3.63) is 53.8 Å². The number of nitrogens with two attached hydrogens (primary N) is 1. The molecular weight excluding hydrogens is 246 g/mol. The summed E-state index contributed by atoms with van der Waals surface area (Å²) in [6, 6.07) is 11.1. The molecule has 3 aromatic rings. The fourth-order valence-electron chi connectivity index (χ4n) is 1.94. The summed E-state index contributed by atoms with van der Waals surface area (Å²) >= 11 is 6.22. The third kappa shape index (κ3) is 1.79. The van der Waals surface area contributed by atoms with E-state index >= 15 is 0 Å². The van der Waals surface area contributed by atoms with Crippen LogP contribution in [0.5, 0.6) is 0 Å². The van der Waals surface area contributed by atoms with Crippen molar-refractivity contribution in [2.24, 2.45) is 0 Å². The number of hydrogen-bond acceptors (Lipinski definition) is 3. The minimum atomic E-state index is 0.632. The Morgan fingerprint density at radius 2 is 1.89 bits per heavy atom. The third-order valence-electron chi connectivity index (χ3n) is 2.78. The average Bonchev–Trinajstić information content (AvgIpc) is 2.41. The smallest absolute Gasteiger partial charge is 0.0811 e. The largest absolute Gasteiger partial charge is 0.399 e. The molecule has 0 spiro atoms. The van der Waals surface area contributed by atoms with Gasteiger partial charge >= 0.3 is 0 Å². The van der Waals surface area contributed by atoms with Gasteiger partial charge in [-0.05, 0) is 36.4 Å². The highest BCUT2D eigenvalue weighted by Gasteiger charge is 2.09. The molecule has 3 nitrogen and oxygen atoms in total. The van der Waals surface area contributed by atoms with Crippen molar-refractivity contribution < 1.29 is 0 Å². The van der Waals surface area contributed by atoms with Gasteiger partial charge in [-0.1, -0.05) is 11.6 Å². The Hall–Kier alpha value is -2.13. The van der Waals surface area contributed by atoms with Gasteiger partial charge in [0.1, 0.15) is 0 Å². The quantitative estimate of drug-likeness (QED) is 0.677. The Balaban J connectivity index is 2.35. The van der Waals surface area contributed by atoms with Crippen molar-refractivity contribution in [2.45, 2.75) is 0 Å². The molecule has 2 heterocycles. The van der Waals surface area contributed by atoms with Crippen LogP contribution in [0, 0.1) is 0 Å². The highest BCUT2D eigenvalue weighted by molar-refractivity contribution is 6.33. The van der Waals surface area contributed by atoms with E-state index in [1.807, 2.05) is 24.3 Å². The monoisotopic (exact) mass is 255 g/mol. The lowest BCUT2D eigenvalue weighted by atomic mass is 10.1. The molecule has 0 aliphatic rings. The molecule has 0 fully saturated rings. The summed E-state index contributed by atoms with van der Waals surface area (Å²) in [7, 11) is 0. The van der Waals surface area contributed by atoms with Crippen LogP contribution in [0.2, 0.25) is 5.02 Å². The summed E-state index contributed by atoms with van der Waals surface area (Å²) in [4.78, 5) is 8.70.